The maximum Gasteiger partial charge on any atom is 0.223 e. The molecule has 1 saturated heterocycles. The molecule has 1 N–H and O–H groups in total. The summed E-state index contributed by atoms with van der Waals surface area (Å²) in [4.78, 5) is 14.8. The fourth-order valence-electron chi connectivity index (χ4n) is 3.23. The Morgan fingerprint density at radius 3 is 2.77 bits per heavy atom. The van der Waals surface area contributed by atoms with Gasteiger partial charge in [0.2, 0.25) is 5.91 Å². The number of hydrogen-bond donors (Lipinski definition) is 1. The van der Waals surface area contributed by atoms with Gasteiger partial charge in [-0.1, -0.05) is 57.0 Å². The average Bonchev–Trinajstić information content (AvgIpc) is 2.96. The minimum atomic E-state index is 0.197. The molecule has 0 bridgehead atoms. The molecule has 0 spiro atoms. The van der Waals surface area contributed by atoms with Gasteiger partial charge in [0.05, 0.1) is 0 Å². The van der Waals surface area contributed by atoms with Crippen LogP contribution >= 0.6 is 0 Å². The molecule has 2 unspecified atom stereocenters. The number of unbranched alkanes of at least 4 members (excludes halogenated alkanes) is 1. The Morgan fingerprint density at radius 1 is 1.32 bits per heavy atom. The summed E-state index contributed by atoms with van der Waals surface area (Å²) in [5.74, 6) is 0.464. The lowest BCUT2D eigenvalue weighted by atomic mass is 9.98. The third-order valence-corrected chi connectivity index (χ3v) is 4.64. The van der Waals surface area contributed by atoms with Crippen LogP contribution in [0.3, 0.4) is 0 Å². The van der Waals surface area contributed by atoms with Crippen molar-refractivity contribution >= 4 is 5.91 Å². The van der Waals surface area contributed by atoms with Crippen molar-refractivity contribution in [1.29, 1.82) is 0 Å². The van der Waals surface area contributed by atoms with Crippen molar-refractivity contribution in [3.05, 3.63) is 35.9 Å². The highest BCUT2D eigenvalue weighted by atomic mass is 16.1. The molecule has 0 aromatic heterocycles. The largest absolute Gasteiger partial charge is 0.352 e. The summed E-state index contributed by atoms with van der Waals surface area (Å²) < 4.78 is 0. The van der Waals surface area contributed by atoms with E-state index < -0.39 is 0 Å². The van der Waals surface area contributed by atoms with Crippen LogP contribution in [0.5, 0.6) is 0 Å². The molecule has 1 aliphatic rings. The van der Waals surface area contributed by atoms with Gasteiger partial charge < -0.3 is 5.32 Å². The average molecular weight is 302 g/mol. The first-order chi connectivity index (χ1) is 10.7. The zero-order valence-electron chi connectivity index (χ0n) is 14.1. The molecule has 0 aliphatic carbocycles. The Hall–Kier alpha value is -1.35. The first-order valence-corrected chi connectivity index (χ1v) is 8.79. The number of carbonyl (C=O) groups is 1. The van der Waals surface area contributed by atoms with E-state index in [1.54, 1.807) is 0 Å². The Bertz CT molecular complexity index is 446. The molecule has 122 valence electrons. The molecule has 0 saturated carbocycles. The number of nitrogens with zero attached hydrogens (tertiary/aromatic N) is 1. The topological polar surface area (TPSA) is 32.3 Å². The lowest BCUT2D eigenvalue weighted by molar-refractivity contribution is -0.126. The van der Waals surface area contributed by atoms with Crippen LogP contribution in [0.1, 0.15) is 51.5 Å². The predicted octanol–water partition coefficient (Wildman–Crippen LogP) is 3.59. The third kappa shape index (κ3) is 5.13. The summed E-state index contributed by atoms with van der Waals surface area (Å²) in [6, 6.07) is 10.9. The van der Waals surface area contributed by atoms with E-state index in [9.17, 15) is 4.79 Å². The van der Waals surface area contributed by atoms with E-state index in [1.165, 1.54) is 5.56 Å². The van der Waals surface area contributed by atoms with Crippen LogP contribution in [-0.4, -0.2) is 29.9 Å². The summed E-state index contributed by atoms with van der Waals surface area (Å²) in [6.07, 6.45) is 5.36. The fourth-order valence-corrected chi connectivity index (χ4v) is 3.23. The highest BCUT2D eigenvalue weighted by Crippen LogP contribution is 2.16. The Balaban J connectivity index is 1.76. The molecule has 1 aromatic carbocycles. The van der Waals surface area contributed by atoms with E-state index in [0.717, 1.165) is 51.7 Å². The van der Waals surface area contributed by atoms with Gasteiger partial charge in [-0.2, -0.15) is 0 Å². The number of nitrogens with one attached hydrogen (secondary N) is 1. The van der Waals surface area contributed by atoms with Crippen LogP contribution in [-0.2, 0) is 11.3 Å². The standard InChI is InChI=1S/C19H30N2O/c1-3-5-11-17(4-2)19(22)20-18-12-13-21(15-18)14-16-9-7-6-8-10-16/h6-10,17-18H,3-5,11-15H2,1-2H3,(H,20,22). The van der Waals surface area contributed by atoms with Crippen LogP contribution in [0.2, 0.25) is 0 Å². The second-order valence-corrected chi connectivity index (χ2v) is 6.46. The van der Waals surface area contributed by atoms with Crippen LogP contribution in [0.4, 0.5) is 0 Å². The van der Waals surface area contributed by atoms with Crippen molar-refractivity contribution in [2.75, 3.05) is 13.1 Å². The number of likely N-dealkylation sites (tertiary alicyclic amines) is 1. The molecule has 1 aromatic rings. The smallest absolute Gasteiger partial charge is 0.223 e. The summed E-state index contributed by atoms with van der Waals surface area (Å²) >= 11 is 0. The van der Waals surface area contributed by atoms with E-state index in [2.05, 4.69) is 54.4 Å². The molecule has 1 amide bonds. The first-order valence-electron chi connectivity index (χ1n) is 8.79. The molecule has 1 fully saturated rings. The predicted molar refractivity (Wildman–Crippen MR) is 91.6 cm³/mol. The van der Waals surface area contributed by atoms with E-state index in [1.807, 2.05) is 0 Å². The van der Waals surface area contributed by atoms with Crippen molar-refractivity contribution in [2.24, 2.45) is 5.92 Å². The minimum Gasteiger partial charge on any atom is -0.352 e. The summed E-state index contributed by atoms with van der Waals surface area (Å²) in [5, 5.41) is 3.27. The van der Waals surface area contributed by atoms with Gasteiger partial charge in [0.15, 0.2) is 0 Å². The van der Waals surface area contributed by atoms with Crippen LogP contribution in [0, 0.1) is 5.92 Å². The van der Waals surface area contributed by atoms with Crippen molar-refractivity contribution in [3.63, 3.8) is 0 Å². The molecule has 0 radical (unpaired) electrons. The number of hydrogen-bond acceptors (Lipinski definition) is 2. The zero-order chi connectivity index (χ0) is 15.8. The third-order valence-electron chi connectivity index (χ3n) is 4.64. The van der Waals surface area contributed by atoms with E-state index in [0.29, 0.717) is 6.04 Å². The van der Waals surface area contributed by atoms with Gasteiger partial charge in [-0.3, -0.25) is 9.69 Å². The second-order valence-electron chi connectivity index (χ2n) is 6.46. The maximum atomic E-state index is 12.4. The Morgan fingerprint density at radius 2 is 2.09 bits per heavy atom. The number of amides is 1. The molecule has 2 atom stereocenters. The van der Waals surface area contributed by atoms with Crippen molar-refractivity contribution in [1.82, 2.24) is 10.2 Å². The fraction of sp³-hybridized carbons (Fsp3) is 0.632. The van der Waals surface area contributed by atoms with Gasteiger partial charge in [0.1, 0.15) is 0 Å². The number of benzene rings is 1. The number of carbonyl (C=O) groups excluding carboxylic acids is 1. The van der Waals surface area contributed by atoms with Gasteiger partial charge in [-0.15, -0.1) is 0 Å². The van der Waals surface area contributed by atoms with E-state index >= 15 is 0 Å². The Labute approximate surface area is 135 Å². The molecular weight excluding hydrogens is 272 g/mol. The van der Waals surface area contributed by atoms with Crippen molar-refractivity contribution < 1.29 is 4.79 Å². The summed E-state index contributed by atoms with van der Waals surface area (Å²) in [7, 11) is 0. The molecule has 2 rings (SSSR count). The molecular formula is C19H30N2O. The highest BCUT2D eigenvalue weighted by molar-refractivity contribution is 5.78. The van der Waals surface area contributed by atoms with E-state index in [4.69, 9.17) is 0 Å². The molecule has 22 heavy (non-hydrogen) atoms. The van der Waals surface area contributed by atoms with Crippen molar-refractivity contribution in [3.8, 4) is 0 Å². The summed E-state index contributed by atoms with van der Waals surface area (Å²) in [5.41, 5.74) is 1.35. The normalized spacial score (nSPS) is 20.0. The lowest BCUT2D eigenvalue weighted by Gasteiger charge is -2.20. The van der Waals surface area contributed by atoms with Gasteiger partial charge in [-0.25, -0.2) is 0 Å². The molecule has 1 heterocycles. The van der Waals surface area contributed by atoms with Gasteiger partial charge in [-0.05, 0) is 24.8 Å². The second kappa shape index (κ2) is 8.94. The SMILES string of the molecule is CCCCC(CC)C(=O)NC1CCN(Cc2ccccc2)C1. The summed E-state index contributed by atoms with van der Waals surface area (Å²) in [6.45, 7) is 7.34. The monoisotopic (exact) mass is 302 g/mol. The number of rotatable bonds is 8. The minimum absolute atomic E-state index is 0.197. The first kappa shape index (κ1) is 17.0. The molecule has 1 aliphatic heterocycles. The van der Waals surface area contributed by atoms with Crippen LogP contribution in [0.25, 0.3) is 0 Å². The van der Waals surface area contributed by atoms with Crippen LogP contribution in [0.15, 0.2) is 30.3 Å². The van der Waals surface area contributed by atoms with Crippen molar-refractivity contribution in [2.45, 2.75) is 58.5 Å². The quantitative estimate of drug-likeness (QED) is 0.796. The zero-order valence-corrected chi connectivity index (χ0v) is 14.1. The van der Waals surface area contributed by atoms with E-state index in [-0.39, 0.29) is 11.8 Å². The maximum absolute atomic E-state index is 12.4. The molecule has 3 nitrogen and oxygen atoms in total. The van der Waals surface area contributed by atoms with Crippen LogP contribution < -0.4 is 5.32 Å². The molecule has 3 heteroatoms. The highest BCUT2D eigenvalue weighted by Gasteiger charge is 2.26. The lowest BCUT2D eigenvalue weighted by Crippen LogP contribution is -2.40. The van der Waals surface area contributed by atoms with Gasteiger partial charge in [0, 0.05) is 31.6 Å². The Kier molecular flexibility index (Phi) is 6.91. The van der Waals surface area contributed by atoms with Gasteiger partial charge >= 0.3 is 0 Å². The van der Waals surface area contributed by atoms with Gasteiger partial charge in [0.25, 0.3) is 0 Å².